The van der Waals surface area contributed by atoms with Gasteiger partial charge in [0.25, 0.3) is 0 Å². The van der Waals surface area contributed by atoms with Crippen molar-refractivity contribution in [3.8, 4) is 0 Å². The molecule has 2 aliphatic rings. The highest BCUT2D eigenvalue weighted by Gasteiger charge is 2.36. The first-order chi connectivity index (χ1) is 7.24. The van der Waals surface area contributed by atoms with Gasteiger partial charge in [0.05, 0.1) is 12.7 Å². The maximum absolute atomic E-state index is 12.0. The number of hydrogen-bond acceptors (Lipinski definition) is 2. The normalized spacial score (nSPS) is 30.1. The number of rotatable bonds is 3. The van der Waals surface area contributed by atoms with Gasteiger partial charge in [0, 0.05) is 6.04 Å². The zero-order valence-electron chi connectivity index (χ0n) is 9.83. The van der Waals surface area contributed by atoms with Crippen LogP contribution in [0.3, 0.4) is 0 Å². The molecule has 1 saturated carbocycles. The van der Waals surface area contributed by atoms with E-state index in [4.69, 9.17) is 0 Å². The van der Waals surface area contributed by atoms with Crippen LogP contribution >= 0.6 is 0 Å². The predicted molar refractivity (Wildman–Crippen MR) is 60.3 cm³/mol. The summed E-state index contributed by atoms with van der Waals surface area (Å²) in [4.78, 5) is 14.0. The summed E-state index contributed by atoms with van der Waals surface area (Å²) >= 11 is 0. The molecule has 3 nitrogen and oxygen atoms in total. The van der Waals surface area contributed by atoms with Gasteiger partial charge in [0.15, 0.2) is 0 Å². The molecule has 2 rings (SSSR count). The van der Waals surface area contributed by atoms with Gasteiger partial charge in [0.2, 0.25) is 5.91 Å². The number of nitrogens with one attached hydrogen (secondary N) is 1. The fraction of sp³-hybridized carbons (Fsp3) is 0.917. The number of hydrogen-bond donors (Lipinski definition) is 1. The van der Waals surface area contributed by atoms with E-state index < -0.39 is 0 Å². The minimum atomic E-state index is 0.0776. The van der Waals surface area contributed by atoms with E-state index in [0.29, 0.717) is 11.9 Å². The number of carbonyl (C=O) groups excluding carboxylic acids is 1. The monoisotopic (exact) mass is 210 g/mol. The highest BCUT2D eigenvalue weighted by molar-refractivity contribution is 5.83. The minimum Gasteiger partial charge on any atom is -0.326 e. The van der Waals surface area contributed by atoms with Gasteiger partial charge in [0.1, 0.15) is 0 Å². The Bertz CT molecular complexity index is 236. The summed E-state index contributed by atoms with van der Waals surface area (Å²) in [6.07, 6.45) is 6.22. The molecular formula is C12H22N2O. The second kappa shape index (κ2) is 4.52. The molecular weight excluding hydrogens is 188 g/mol. The molecule has 1 aliphatic carbocycles. The number of carbonyl (C=O) groups is 1. The lowest BCUT2D eigenvalue weighted by molar-refractivity contribution is -0.131. The highest BCUT2D eigenvalue weighted by Crippen LogP contribution is 2.31. The molecule has 1 heterocycles. The van der Waals surface area contributed by atoms with E-state index in [1.165, 1.54) is 25.7 Å². The fourth-order valence-corrected chi connectivity index (χ4v) is 2.93. The van der Waals surface area contributed by atoms with Crippen LogP contribution < -0.4 is 5.32 Å². The lowest BCUT2D eigenvalue weighted by atomic mass is 9.98. The quantitative estimate of drug-likeness (QED) is 0.769. The molecule has 0 aromatic rings. The molecule has 0 aromatic carbocycles. The van der Waals surface area contributed by atoms with Crippen LogP contribution in [0.4, 0.5) is 0 Å². The van der Waals surface area contributed by atoms with Gasteiger partial charge in [-0.1, -0.05) is 19.8 Å². The molecule has 3 heteroatoms. The Labute approximate surface area is 92.2 Å². The van der Waals surface area contributed by atoms with E-state index >= 15 is 0 Å². The Morgan fingerprint density at radius 3 is 2.67 bits per heavy atom. The summed E-state index contributed by atoms with van der Waals surface area (Å²) in [6, 6.07) is 0.512. The molecule has 2 atom stereocenters. The maximum Gasteiger partial charge on any atom is 0.241 e. The van der Waals surface area contributed by atoms with Crippen molar-refractivity contribution in [3.05, 3.63) is 0 Å². The second-order valence-electron chi connectivity index (χ2n) is 4.92. The number of nitrogens with zero attached hydrogens (tertiary/aromatic N) is 1. The second-order valence-corrected chi connectivity index (χ2v) is 4.92. The largest absolute Gasteiger partial charge is 0.326 e. The first-order valence-corrected chi connectivity index (χ1v) is 6.28. The van der Waals surface area contributed by atoms with Crippen molar-refractivity contribution >= 4 is 5.91 Å². The first kappa shape index (κ1) is 10.9. The fourth-order valence-electron chi connectivity index (χ4n) is 2.93. The van der Waals surface area contributed by atoms with Crippen LogP contribution in [0.25, 0.3) is 0 Å². The molecule has 1 saturated heterocycles. The molecule has 0 aromatic heterocycles. The van der Waals surface area contributed by atoms with Crippen LogP contribution in [0.5, 0.6) is 0 Å². The molecule has 0 bridgehead atoms. The Kier molecular flexibility index (Phi) is 3.29. The average molecular weight is 210 g/mol. The SMILES string of the molecule is CCC1NCN(C(C)C2CCCC2)C1=O. The van der Waals surface area contributed by atoms with Gasteiger partial charge in [-0.25, -0.2) is 0 Å². The van der Waals surface area contributed by atoms with Gasteiger partial charge in [-0.05, 0) is 32.1 Å². The lowest BCUT2D eigenvalue weighted by Crippen LogP contribution is -2.40. The molecule has 0 spiro atoms. The lowest BCUT2D eigenvalue weighted by Gasteiger charge is -2.28. The molecule has 2 fully saturated rings. The summed E-state index contributed by atoms with van der Waals surface area (Å²) in [5.41, 5.74) is 0. The molecule has 1 amide bonds. The van der Waals surface area contributed by atoms with Crippen molar-refractivity contribution in [1.29, 1.82) is 0 Å². The summed E-state index contributed by atoms with van der Waals surface area (Å²) in [5, 5.41) is 3.29. The van der Waals surface area contributed by atoms with Gasteiger partial charge < -0.3 is 4.90 Å². The first-order valence-electron chi connectivity index (χ1n) is 6.28. The predicted octanol–water partition coefficient (Wildman–Crippen LogP) is 1.73. The third-order valence-corrected chi connectivity index (χ3v) is 4.07. The van der Waals surface area contributed by atoms with E-state index in [1.807, 2.05) is 4.90 Å². The highest BCUT2D eigenvalue weighted by atomic mass is 16.2. The Morgan fingerprint density at radius 2 is 2.13 bits per heavy atom. The van der Waals surface area contributed by atoms with Gasteiger partial charge in [-0.15, -0.1) is 0 Å². The Morgan fingerprint density at radius 1 is 1.47 bits per heavy atom. The molecule has 2 unspecified atom stereocenters. The third-order valence-electron chi connectivity index (χ3n) is 4.07. The van der Waals surface area contributed by atoms with Crippen LogP contribution in [0, 0.1) is 5.92 Å². The van der Waals surface area contributed by atoms with Crippen LogP contribution in [-0.4, -0.2) is 29.6 Å². The Balaban J connectivity index is 1.95. The topological polar surface area (TPSA) is 32.3 Å². The van der Waals surface area contributed by atoms with Crippen LogP contribution in [0.1, 0.15) is 46.0 Å². The van der Waals surface area contributed by atoms with Crippen molar-refractivity contribution in [2.24, 2.45) is 5.92 Å². The van der Waals surface area contributed by atoms with Crippen LogP contribution in [-0.2, 0) is 4.79 Å². The van der Waals surface area contributed by atoms with Crippen LogP contribution in [0.2, 0.25) is 0 Å². The summed E-state index contributed by atoms with van der Waals surface area (Å²) in [6.45, 7) is 5.04. The Hall–Kier alpha value is -0.570. The van der Waals surface area contributed by atoms with Crippen molar-refractivity contribution in [3.63, 3.8) is 0 Å². The third kappa shape index (κ3) is 2.03. The van der Waals surface area contributed by atoms with Gasteiger partial charge >= 0.3 is 0 Å². The molecule has 86 valence electrons. The van der Waals surface area contributed by atoms with Gasteiger partial charge in [-0.2, -0.15) is 0 Å². The zero-order chi connectivity index (χ0) is 10.8. The zero-order valence-corrected chi connectivity index (χ0v) is 9.83. The van der Waals surface area contributed by atoms with Gasteiger partial charge in [-0.3, -0.25) is 10.1 Å². The van der Waals surface area contributed by atoms with E-state index in [-0.39, 0.29) is 6.04 Å². The maximum atomic E-state index is 12.0. The standard InChI is InChI=1S/C12H22N2O/c1-3-11-12(15)14(8-13-11)9(2)10-6-4-5-7-10/h9-11,13H,3-8H2,1-2H3. The van der Waals surface area contributed by atoms with Crippen molar-refractivity contribution < 1.29 is 4.79 Å². The summed E-state index contributed by atoms with van der Waals surface area (Å²) in [7, 11) is 0. The average Bonchev–Trinajstić information content (AvgIpc) is 2.85. The van der Waals surface area contributed by atoms with E-state index in [2.05, 4.69) is 19.2 Å². The smallest absolute Gasteiger partial charge is 0.241 e. The van der Waals surface area contributed by atoms with Crippen LogP contribution in [0.15, 0.2) is 0 Å². The number of amides is 1. The molecule has 0 radical (unpaired) electrons. The molecule has 1 aliphatic heterocycles. The molecule has 1 N–H and O–H groups in total. The van der Waals surface area contributed by atoms with E-state index in [9.17, 15) is 4.79 Å². The minimum absolute atomic E-state index is 0.0776. The molecule has 15 heavy (non-hydrogen) atoms. The van der Waals surface area contributed by atoms with Crippen molar-refractivity contribution in [1.82, 2.24) is 10.2 Å². The van der Waals surface area contributed by atoms with Crippen molar-refractivity contribution in [2.75, 3.05) is 6.67 Å². The summed E-state index contributed by atoms with van der Waals surface area (Å²) < 4.78 is 0. The van der Waals surface area contributed by atoms with E-state index in [0.717, 1.165) is 19.0 Å². The summed E-state index contributed by atoms with van der Waals surface area (Å²) in [5.74, 6) is 1.06. The van der Waals surface area contributed by atoms with E-state index in [1.54, 1.807) is 0 Å². The van der Waals surface area contributed by atoms with Crippen molar-refractivity contribution in [2.45, 2.75) is 58.0 Å².